The van der Waals surface area contributed by atoms with Crippen molar-refractivity contribution in [1.82, 2.24) is 10.2 Å². The lowest BCUT2D eigenvalue weighted by Crippen LogP contribution is -2.54. The number of rotatable bonds is 7. The fourth-order valence-electron chi connectivity index (χ4n) is 6.19. The van der Waals surface area contributed by atoms with E-state index in [9.17, 15) is 19.5 Å². The van der Waals surface area contributed by atoms with Crippen LogP contribution in [0.25, 0.3) is 0 Å². The van der Waals surface area contributed by atoms with Crippen molar-refractivity contribution in [3.05, 3.63) is 65.7 Å². The normalized spacial score (nSPS) is 28.8. The minimum Gasteiger partial charge on any atom is -0.494 e. The Hall–Kier alpha value is -3.19. The molecule has 5 rings (SSSR count). The van der Waals surface area contributed by atoms with Gasteiger partial charge in [0.15, 0.2) is 5.54 Å². The van der Waals surface area contributed by atoms with E-state index in [2.05, 4.69) is 5.32 Å². The van der Waals surface area contributed by atoms with Crippen molar-refractivity contribution in [2.75, 3.05) is 6.61 Å². The second-order valence-corrected chi connectivity index (χ2v) is 9.86. The Morgan fingerprint density at radius 1 is 1.03 bits per heavy atom. The van der Waals surface area contributed by atoms with Crippen molar-refractivity contribution in [3.63, 3.8) is 0 Å². The van der Waals surface area contributed by atoms with Crippen LogP contribution in [0.4, 0.5) is 0 Å². The summed E-state index contributed by atoms with van der Waals surface area (Å²) in [4.78, 5) is 42.2. The van der Waals surface area contributed by atoms with Gasteiger partial charge in [0.1, 0.15) is 5.75 Å². The molecule has 7 nitrogen and oxygen atoms in total. The average Bonchev–Trinajstić information content (AvgIpc) is 3.38. The maximum atomic E-state index is 13.9. The Morgan fingerprint density at radius 2 is 1.71 bits per heavy atom. The number of likely N-dealkylation sites (tertiary alicyclic amines) is 1. The first-order valence-corrected chi connectivity index (χ1v) is 12.6. The van der Waals surface area contributed by atoms with Crippen LogP contribution in [0.15, 0.2) is 54.6 Å². The quantitative estimate of drug-likeness (QED) is 0.586. The molecule has 4 unspecified atom stereocenters. The zero-order chi connectivity index (χ0) is 24.6. The van der Waals surface area contributed by atoms with Crippen LogP contribution in [-0.2, 0) is 19.9 Å². The number of hydrogen-bond donors (Lipinski definition) is 2. The fourth-order valence-corrected chi connectivity index (χ4v) is 6.19. The molecule has 0 radical (unpaired) electrons. The van der Waals surface area contributed by atoms with Crippen molar-refractivity contribution >= 4 is 17.8 Å². The Bertz CT molecular complexity index is 1100. The lowest BCUT2D eigenvalue weighted by atomic mass is 9.75. The molecule has 35 heavy (non-hydrogen) atoms. The molecule has 2 N–H and O–H groups in total. The Kier molecular flexibility index (Phi) is 6.36. The summed E-state index contributed by atoms with van der Waals surface area (Å²) in [6, 6.07) is 15.4. The summed E-state index contributed by atoms with van der Waals surface area (Å²) >= 11 is 0. The summed E-state index contributed by atoms with van der Waals surface area (Å²) in [5, 5.41) is 13.9. The minimum absolute atomic E-state index is 0.151. The number of carboxylic acids is 1. The van der Waals surface area contributed by atoms with E-state index < -0.39 is 29.4 Å². The molecule has 2 heterocycles. The van der Waals surface area contributed by atoms with Crippen LogP contribution in [0.1, 0.15) is 62.6 Å². The topological polar surface area (TPSA) is 95.9 Å². The van der Waals surface area contributed by atoms with E-state index in [1.165, 1.54) is 4.90 Å². The second-order valence-electron chi connectivity index (χ2n) is 9.86. The number of benzene rings is 2. The van der Waals surface area contributed by atoms with Gasteiger partial charge in [-0.05, 0) is 42.5 Å². The third-order valence-corrected chi connectivity index (χ3v) is 7.81. The fraction of sp³-hybridized carbons (Fsp3) is 0.464. The molecule has 1 aliphatic carbocycles. The average molecular weight is 477 g/mol. The summed E-state index contributed by atoms with van der Waals surface area (Å²) in [6.07, 6.45) is 5.50. The molecule has 0 bridgehead atoms. The number of hydrogen-bond acceptors (Lipinski definition) is 5. The largest absolute Gasteiger partial charge is 0.494 e. The number of carbonyl (C=O) groups excluding carboxylic acids is 2. The molecular formula is C28H32N2O5. The van der Waals surface area contributed by atoms with Crippen LogP contribution in [0.5, 0.6) is 5.75 Å². The number of aliphatic carboxylic acids is 1. The van der Waals surface area contributed by atoms with Gasteiger partial charge >= 0.3 is 5.97 Å². The van der Waals surface area contributed by atoms with Crippen LogP contribution in [-0.4, -0.2) is 40.4 Å². The van der Waals surface area contributed by atoms with E-state index in [0.29, 0.717) is 12.2 Å². The molecule has 2 aromatic carbocycles. The third kappa shape index (κ3) is 3.82. The standard InChI is InChI=1S/C28H32N2O5/c1-2-17-35-21-15-13-18(14-16-21)24-22-23(26(32)30(25(22)31)20-11-7-4-8-12-20)28(29-24,27(33)34)19-9-5-3-6-10-19/h3,5-6,9-10,13-16,20,22-24,29H,2,4,7-8,11-12,17H2,1H3,(H,33,34). The van der Waals surface area contributed by atoms with Crippen molar-refractivity contribution in [2.45, 2.75) is 63.1 Å². The zero-order valence-electron chi connectivity index (χ0n) is 20.0. The van der Waals surface area contributed by atoms with Crippen LogP contribution in [0.3, 0.4) is 0 Å². The maximum absolute atomic E-state index is 13.9. The third-order valence-electron chi connectivity index (χ3n) is 7.81. The van der Waals surface area contributed by atoms with Gasteiger partial charge < -0.3 is 9.84 Å². The number of ether oxygens (including phenoxy) is 1. The molecule has 2 amide bonds. The number of nitrogens with one attached hydrogen (secondary N) is 1. The van der Waals surface area contributed by atoms with Gasteiger partial charge in [-0.2, -0.15) is 0 Å². The summed E-state index contributed by atoms with van der Waals surface area (Å²) in [5.41, 5.74) is -0.432. The van der Waals surface area contributed by atoms with Crippen molar-refractivity contribution < 1.29 is 24.2 Å². The lowest BCUT2D eigenvalue weighted by Gasteiger charge is -2.34. The van der Waals surface area contributed by atoms with Gasteiger partial charge in [0.2, 0.25) is 11.8 Å². The zero-order valence-corrected chi connectivity index (χ0v) is 20.0. The van der Waals surface area contributed by atoms with Gasteiger partial charge in [-0.25, -0.2) is 4.79 Å². The second kappa shape index (κ2) is 9.46. The van der Waals surface area contributed by atoms with Crippen molar-refractivity contribution in [1.29, 1.82) is 0 Å². The summed E-state index contributed by atoms with van der Waals surface area (Å²) in [7, 11) is 0. The van der Waals surface area contributed by atoms with Crippen LogP contribution in [0.2, 0.25) is 0 Å². The first-order chi connectivity index (χ1) is 17.0. The van der Waals surface area contributed by atoms with Gasteiger partial charge in [-0.15, -0.1) is 0 Å². The molecule has 0 spiro atoms. The van der Waals surface area contributed by atoms with Crippen molar-refractivity contribution in [3.8, 4) is 5.75 Å². The molecular weight excluding hydrogens is 444 g/mol. The molecule has 2 aliphatic heterocycles. The van der Waals surface area contributed by atoms with E-state index in [4.69, 9.17) is 4.74 Å². The van der Waals surface area contributed by atoms with E-state index in [1.807, 2.05) is 37.3 Å². The smallest absolute Gasteiger partial charge is 0.329 e. The van der Waals surface area contributed by atoms with Crippen LogP contribution < -0.4 is 10.1 Å². The van der Waals surface area contributed by atoms with Gasteiger partial charge in [0.25, 0.3) is 0 Å². The Balaban J connectivity index is 1.59. The highest BCUT2D eigenvalue weighted by Gasteiger charge is 2.69. The molecule has 4 atom stereocenters. The number of carboxylic acid groups (broad SMARTS) is 1. The molecule has 3 aliphatic rings. The van der Waals surface area contributed by atoms with E-state index in [0.717, 1.165) is 49.8 Å². The van der Waals surface area contributed by atoms with E-state index in [-0.39, 0.29) is 17.9 Å². The van der Waals surface area contributed by atoms with E-state index >= 15 is 0 Å². The number of amides is 2. The number of fused-ring (bicyclic) bond motifs is 1. The lowest BCUT2D eigenvalue weighted by molar-refractivity contribution is -0.153. The highest BCUT2D eigenvalue weighted by atomic mass is 16.5. The molecule has 3 fully saturated rings. The molecule has 2 saturated heterocycles. The Morgan fingerprint density at radius 3 is 2.34 bits per heavy atom. The van der Waals surface area contributed by atoms with Gasteiger partial charge in [0, 0.05) is 12.1 Å². The van der Waals surface area contributed by atoms with Gasteiger partial charge in [-0.1, -0.05) is 68.7 Å². The molecule has 0 aromatic heterocycles. The Labute approximate surface area is 205 Å². The molecule has 7 heteroatoms. The predicted octanol–water partition coefficient (Wildman–Crippen LogP) is 4.03. The summed E-state index contributed by atoms with van der Waals surface area (Å²) < 4.78 is 5.70. The van der Waals surface area contributed by atoms with Gasteiger partial charge in [-0.3, -0.25) is 19.8 Å². The minimum atomic E-state index is -1.69. The molecule has 184 valence electrons. The van der Waals surface area contributed by atoms with Gasteiger partial charge in [0.05, 0.1) is 18.4 Å². The van der Waals surface area contributed by atoms with Crippen LogP contribution >= 0.6 is 0 Å². The van der Waals surface area contributed by atoms with Crippen LogP contribution in [0, 0.1) is 11.8 Å². The number of carbonyl (C=O) groups is 3. The maximum Gasteiger partial charge on any atom is 0.329 e. The first-order valence-electron chi connectivity index (χ1n) is 12.6. The van der Waals surface area contributed by atoms with E-state index in [1.54, 1.807) is 24.3 Å². The predicted molar refractivity (Wildman–Crippen MR) is 130 cm³/mol. The highest BCUT2D eigenvalue weighted by Crippen LogP contribution is 2.54. The SMILES string of the molecule is CCCOc1ccc(C2NC(C(=O)O)(c3ccccc3)C3C(=O)N(C4CCCCC4)C(=O)C23)cc1. The number of nitrogens with zero attached hydrogens (tertiary/aromatic N) is 1. The monoisotopic (exact) mass is 476 g/mol. The molecule has 1 saturated carbocycles. The number of imide groups is 1. The molecule has 2 aromatic rings. The van der Waals surface area contributed by atoms with Crippen molar-refractivity contribution in [2.24, 2.45) is 11.8 Å². The summed E-state index contributed by atoms with van der Waals surface area (Å²) in [6.45, 7) is 2.64. The first kappa shape index (κ1) is 23.5. The summed E-state index contributed by atoms with van der Waals surface area (Å²) in [5.74, 6) is -2.85. The highest BCUT2D eigenvalue weighted by molar-refractivity contribution is 6.10.